The number of aromatic nitrogens is 1. The van der Waals surface area contributed by atoms with E-state index in [-0.39, 0.29) is 11.3 Å². The molecule has 3 rings (SSSR count). The summed E-state index contributed by atoms with van der Waals surface area (Å²) in [7, 11) is 0. The van der Waals surface area contributed by atoms with Crippen LogP contribution >= 0.6 is 0 Å². The molecule has 0 aliphatic heterocycles. The van der Waals surface area contributed by atoms with E-state index < -0.39 is 17.6 Å². The molecule has 0 aliphatic rings. The molecule has 138 valence electrons. The Bertz CT molecular complexity index is 970. The van der Waals surface area contributed by atoms with E-state index in [1.807, 2.05) is 31.2 Å². The van der Waals surface area contributed by atoms with Crippen molar-refractivity contribution in [1.29, 1.82) is 0 Å². The van der Waals surface area contributed by atoms with Gasteiger partial charge >= 0.3 is 6.18 Å². The van der Waals surface area contributed by atoms with Crippen molar-refractivity contribution in [2.45, 2.75) is 13.1 Å². The van der Waals surface area contributed by atoms with E-state index in [0.29, 0.717) is 5.82 Å². The summed E-state index contributed by atoms with van der Waals surface area (Å²) in [5.74, 6) is -0.245. The monoisotopic (exact) mass is 371 g/mol. The van der Waals surface area contributed by atoms with E-state index in [2.05, 4.69) is 15.6 Å². The highest BCUT2D eigenvalue weighted by atomic mass is 19.4. The molecule has 0 radical (unpaired) electrons. The highest BCUT2D eigenvalue weighted by Crippen LogP contribution is 2.31. The number of benzene rings is 2. The van der Waals surface area contributed by atoms with Crippen molar-refractivity contribution in [3.05, 3.63) is 83.6 Å². The quantitative estimate of drug-likeness (QED) is 0.645. The number of nitrogens with zero attached hydrogens (tertiary/aromatic N) is 1. The Morgan fingerprint density at radius 2 is 1.70 bits per heavy atom. The molecule has 27 heavy (non-hydrogen) atoms. The molecule has 0 spiro atoms. The molecule has 3 aromatic rings. The van der Waals surface area contributed by atoms with Gasteiger partial charge in [-0.1, -0.05) is 18.2 Å². The van der Waals surface area contributed by atoms with Crippen LogP contribution in [-0.2, 0) is 6.18 Å². The molecule has 0 aliphatic carbocycles. The molecule has 1 heterocycles. The molecular formula is C20H16F3N3O. The van der Waals surface area contributed by atoms with Gasteiger partial charge in [-0.25, -0.2) is 4.98 Å². The van der Waals surface area contributed by atoms with Crippen molar-refractivity contribution in [2.75, 3.05) is 10.6 Å². The summed E-state index contributed by atoms with van der Waals surface area (Å²) in [4.78, 5) is 16.8. The van der Waals surface area contributed by atoms with Crippen molar-refractivity contribution < 1.29 is 18.0 Å². The molecule has 0 fully saturated rings. The number of carbonyl (C=O) groups excluding carboxylic acids is 1. The number of rotatable bonds is 4. The molecular weight excluding hydrogens is 355 g/mol. The number of hydrogen-bond donors (Lipinski definition) is 2. The van der Waals surface area contributed by atoms with Crippen molar-refractivity contribution in [1.82, 2.24) is 4.98 Å². The van der Waals surface area contributed by atoms with Crippen LogP contribution in [0.3, 0.4) is 0 Å². The third-order valence-electron chi connectivity index (χ3n) is 3.78. The van der Waals surface area contributed by atoms with Crippen LogP contribution in [0.5, 0.6) is 0 Å². The fourth-order valence-electron chi connectivity index (χ4n) is 2.52. The van der Waals surface area contributed by atoms with Gasteiger partial charge in [0.1, 0.15) is 5.82 Å². The van der Waals surface area contributed by atoms with Gasteiger partial charge in [0.05, 0.1) is 11.1 Å². The van der Waals surface area contributed by atoms with Gasteiger partial charge < -0.3 is 10.6 Å². The molecule has 2 N–H and O–H groups in total. The van der Waals surface area contributed by atoms with E-state index in [9.17, 15) is 18.0 Å². The third kappa shape index (κ3) is 4.63. The average molecular weight is 371 g/mol. The van der Waals surface area contributed by atoms with Crippen LogP contribution in [0, 0.1) is 6.92 Å². The Morgan fingerprint density at radius 3 is 2.44 bits per heavy atom. The summed E-state index contributed by atoms with van der Waals surface area (Å²) in [5.41, 5.74) is 1.23. The first-order valence-corrected chi connectivity index (χ1v) is 8.10. The first kappa shape index (κ1) is 18.4. The van der Waals surface area contributed by atoms with E-state index in [1.165, 1.54) is 18.3 Å². The molecule has 2 aromatic carbocycles. The number of nitrogens with one attached hydrogen (secondary N) is 2. The van der Waals surface area contributed by atoms with Crippen LogP contribution in [0.15, 0.2) is 66.9 Å². The van der Waals surface area contributed by atoms with Crippen LogP contribution in [0.2, 0.25) is 0 Å². The average Bonchev–Trinajstić information content (AvgIpc) is 2.62. The lowest BCUT2D eigenvalue weighted by atomic mass is 10.1. The Morgan fingerprint density at radius 1 is 0.963 bits per heavy atom. The second kappa shape index (κ2) is 7.49. The number of anilines is 3. The number of carbonyl (C=O) groups is 1. The smallest absolute Gasteiger partial charge is 0.340 e. The molecule has 0 saturated carbocycles. The minimum Gasteiger partial charge on any atom is -0.340 e. The summed E-state index contributed by atoms with van der Waals surface area (Å²) in [6.07, 6.45) is -2.95. The molecule has 0 atom stereocenters. The van der Waals surface area contributed by atoms with Gasteiger partial charge in [0, 0.05) is 17.6 Å². The summed E-state index contributed by atoms with van der Waals surface area (Å²) in [5, 5.41) is 5.55. The summed E-state index contributed by atoms with van der Waals surface area (Å²) in [6, 6.07) is 15.1. The highest BCUT2D eigenvalue weighted by Gasteiger charge is 2.30. The minimum absolute atomic E-state index is 0.0557. The van der Waals surface area contributed by atoms with Gasteiger partial charge in [-0.3, -0.25) is 4.79 Å². The van der Waals surface area contributed by atoms with Crippen molar-refractivity contribution in [3.63, 3.8) is 0 Å². The SMILES string of the molecule is Cc1cccc(Nc2ncccc2C(=O)Nc2cccc(C(F)(F)F)c2)c1. The van der Waals surface area contributed by atoms with E-state index in [4.69, 9.17) is 0 Å². The van der Waals surface area contributed by atoms with Crippen molar-refractivity contribution in [2.24, 2.45) is 0 Å². The van der Waals surface area contributed by atoms with E-state index >= 15 is 0 Å². The zero-order chi connectivity index (χ0) is 19.4. The molecule has 0 unspecified atom stereocenters. The number of halogens is 3. The Kier molecular flexibility index (Phi) is 5.12. The molecule has 0 saturated heterocycles. The highest BCUT2D eigenvalue weighted by molar-refractivity contribution is 6.07. The third-order valence-corrected chi connectivity index (χ3v) is 3.78. The predicted octanol–water partition coefficient (Wildman–Crippen LogP) is 5.40. The van der Waals surface area contributed by atoms with E-state index in [1.54, 1.807) is 12.1 Å². The van der Waals surface area contributed by atoms with Crippen LogP contribution in [0.1, 0.15) is 21.5 Å². The summed E-state index contributed by atoms with van der Waals surface area (Å²) >= 11 is 0. The Labute approximate surface area is 154 Å². The molecule has 1 aromatic heterocycles. The topological polar surface area (TPSA) is 54.0 Å². The Balaban J connectivity index is 1.84. The van der Waals surface area contributed by atoms with E-state index in [0.717, 1.165) is 23.4 Å². The second-order valence-corrected chi connectivity index (χ2v) is 5.93. The Hall–Kier alpha value is -3.35. The normalized spacial score (nSPS) is 11.1. The van der Waals surface area contributed by atoms with Crippen LogP contribution in [0.4, 0.5) is 30.4 Å². The van der Waals surface area contributed by atoms with Gasteiger partial charge in [0.25, 0.3) is 5.91 Å². The second-order valence-electron chi connectivity index (χ2n) is 5.93. The lowest BCUT2D eigenvalue weighted by molar-refractivity contribution is -0.137. The first-order chi connectivity index (χ1) is 12.8. The van der Waals surface area contributed by atoms with Gasteiger partial charge in [0.15, 0.2) is 0 Å². The summed E-state index contributed by atoms with van der Waals surface area (Å²) < 4.78 is 38.5. The van der Waals surface area contributed by atoms with Crippen LogP contribution in [-0.4, -0.2) is 10.9 Å². The molecule has 4 nitrogen and oxygen atoms in total. The molecule has 0 bridgehead atoms. The van der Waals surface area contributed by atoms with Crippen LogP contribution in [0.25, 0.3) is 0 Å². The lowest BCUT2D eigenvalue weighted by Gasteiger charge is -2.13. The van der Waals surface area contributed by atoms with Crippen molar-refractivity contribution >= 4 is 23.1 Å². The fourth-order valence-corrected chi connectivity index (χ4v) is 2.52. The van der Waals surface area contributed by atoms with Gasteiger partial charge in [-0.15, -0.1) is 0 Å². The zero-order valence-corrected chi connectivity index (χ0v) is 14.3. The summed E-state index contributed by atoms with van der Waals surface area (Å²) in [6.45, 7) is 1.94. The predicted molar refractivity (Wildman–Crippen MR) is 98.1 cm³/mol. The minimum atomic E-state index is -4.48. The van der Waals surface area contributed by atoms with Gasteiger partial charge in [-0.2, -0.15) is 13.2 Å². The maximum atomic E-state index is 12.8. The molecule has 7 heteroatoms. The number of alkyl halides is 3. The van der Waals surface area contributed by atoms with Gasteiger partial charge in [0.2, 0.25) is 0 Å². The standard InChI is InChI=1S/C20H16F3N3O/c1-13-5-2-7-15(11-13)25-18-17(9-4-10-24-18)19(27)26-16-8-3-6-14(12-16)20(21,22)23/h2-12H,1H3,(H,24,25)(H,26,27). The number of amides is 1. The maximum Gasteiger partial charge on any atom is 0.416 e. The number of aryl methyl sites for hydroxylation is 1. The zero-order valence-electron chi connectivity index (χ0n) is 14.3. The fraction of sp³-hybridized carbons (Fsp3) is 0.100. The largest absolute Gasteiger partial charge is 0.416 e. The van der Waals surface area contributed by atoms with Crippen LogP contribution < -0.4 is 10.6 Å². The number of hydrogen-bond acceptors (Lipinski definition) is 3. The lowest BCUT2D eigenvalue weighted by Crippen LogP contribution is -2.15. The first-order valence-electron chi connectivity index (χ1n) is 8.10. The maximum absolute atomic E-state index is 12.8. The molecule has 1 amide bonds. The van der Waals surface area contributed by atoms with Crippen molar-refractivity contribution in [3.8, 4) is 0 Å². The number of pyridine rings is 1. The van der Waals surface area contributed by atoms with Gasteiger partial charge in [-0.05, 0) is 55.0 Å².